The molecule has 1 atom stereocenters. The summed E-state index contributed by atoms with van der Waals surface area (Å²) in [5, 5.41) is 8.46. The summed E-state index contributed by atoms with van der Waals surface area (Å²) in [7, 11) is 0. The van der Waals surface area contributed by atoms with Crippen LogP contribution in [-0.2, 0) is 0 Å². The van der Waals surface area contributed by atoms with Crippen LogP contribution in [-0.4, -0.2) is 10.7 Å². The summed E-state index contributed by atoms with van der Waals surface area (Å²) in [4.78, 5) is 0. The molecule has 0 bridgehead atoms. The average Bonchev–Trinajstić information content (AvgIpc) is 2.06. The lowest BCUT2D eigenvalue weighted by molar-refractivity contribution is 0.233. The zero-order valence-corrected chi connectivity index (χ0v) is 4.15. The summed E-state index contributed by atoms with van der Waals surface area (Å²) < 4.78 is 0. The Labute approximate surface area is 41.9 Å². The first-order chi connectivity index (χ1) is 2.80. The van der Waals surface area contributed by atoms with Gasteiger partial charge in [-0.05, 0) is 18.8 Å². The van der Waals surface area contributed by atoms with E-state index in [0.717, 1.165) is 12.8 Å². The lowest BCUT2D eigenvalue weighted by atomic mass is 10.5. The Morgan fingerprint density at radius 3 is 2.17 bits per heavy atom. The highest BCUT2D eigenvalue weighted by molar-refractivity contribution is 6.19. The predicted octanol–water partition coefficient (Wildman–Crippen LogP) is 0.954. The van der Waals surface area contributed by atoms with Gasteiger partial charge in [0.25, 0.3) is 0 Å². The Morgan fingerprint density at radius 2 is 2.17 bits per heavy atom. The molecule has 1 nitrogen and oxygen atoms in total. The Kier molecular flexibility index (Phi) is 1.02. The molecule has 1 unspecified atom stereocenters. The van der Waals surface area contributed by atoms with E-state index in [2.05, 4.69) is 0 Å². The summed E-state index contributed by atoms with van der Waals surface area (Å²) in [6.07, 6.45) is 2.23. The van der Waals surface area contributed by atoms with Crippen LogP contribution >= 0.6 is 11.6 Å². The highest BCUT2D eigenvalue weighted by Crippen LogP contribution is 2.33. The van der Waals surface area contributed by atoms with Crippen LogP contribution in [0.25, 0.3) is 0 Å². The second-order valence-electron chi connectivity index (χ2n) is 1.71. The molecule has 0 radical (unpaired) electrons. The molecule has 0 aromatic carbocycles. The van der Waals surface area contributed by atoms with E-state index in [9.17, 15) is 0 Å². The first-order valence-electron chi connectivity index (χ1n) is 2.13. The number of rotatable bonds is 1. The molecule has 0 heterocycles. The van der Waals surface area contributed by atoms with E-state index in [1.165, 1.54) is 0 Å². The highest BCUT2D eigenvalue weighted by atomic mass is 35.5. The van der Waals surface area contributed by atoms with E-state index in [1.807, 2.05) is 0 Å². The molecule has 0 saturated heterocycles. The third kappa shape index (κ3) is 0.854. The van der Waals surface area contributed by atoms with Crippen LogP contribution in [0.15, 0.2) is 0 Å². The topological polar surface area (TPSA) is 20.2 Å². The summed E-state index contributed by atoms with van der Waals surface area (Å²) in [5.41, 5.74) is -0.565. The summed E-state index contributed by atoms with van der Waals surface area (Å²) in [5.74, 6) is 0.423. The number of aliphatic hydroxyl groups excluding tert-OH is 1. The van der Waals surface area contributed by atoms with E-state index < -0.39 is 5.56 Å². The molecule has 1 rings (SSSR count). The molecule has 6 heavy (non-hydrogen) atoms. The SMILES string of the molecule is OC(Cl)C1CC1. The van der Waals surface area contributed by atoms with Crippen LogP contribution < -0.4 is 0 Å². The van der Waals surface area contributed by atoms with Gasteiger partial charge in [0.1, 0.15) is 5.56 Å². The monoisotopic (exact) mass is 106 g/mol. The minimum atomic E-state index is -0.565. The number of aliphatic hydroxyl groups is 1. The van der Waals surface area contributed by atoms with Crippen LogP contribution in [0.2, 0.25) is 0 Å². The Bertz CT molecular complexity index is 49.5. The largest absolute Gasteiger partial charge is 0.377 e. The van der Waals surface area contributed by atoms with Crippen molar-refractivity contribution in [3.8, 4) is 0 Å². The van der Waals surface area contributed by atoms with Crippen molar-refractivity contribution in [2.45, 2.75) is 18.4 Å². The molecule has 36 valence electrons. The zero-order valence-electron chi connectivity index (χ0n) is 3.39. The molecule has 1 fully saturated rings. The predicted molar refractivity (Wildman–Crippen MR) is 24.6 cm³/mol. The van der Waals surface area contributed by atoms with Gasteiger partial charge in [0.2, 0.25) is 0 Å². The summed E-state index contributed by atoms with van der Waals surface area (Å²) in [6, 6.07) is 0. The van der Waals surface area contributed by atoms with E-state index in [0.29, 0.717) is 5.92 Å². The summed E-state index contributed by atoms with van der Waals surface area (Å²) >= 11 is 5.23. The molecule has 1 saturated carbocycles. The molecular weight excluding hydrogens is 99.5 g/mol. The molecule has 2 heteroatoms. The maximum atomic E-state index is 8.46. The van der Waals surface area contributed by atoms with Crippen molar-refractivity contribution in [2.24, 2.45) is 5.92 Å². The second-order valence-corrected chi connectivity index (χ2v) is 2.16. The van der Waals surface area contributed by atoms with Crippen molar-refractivity contribution in [1.29, 1.82) is 0 Å². The molecule has 1 N–H and O–H groups in total. The van der Waals surface area contributed by atoms with Crippen molar-refractivity contribution >= 4 is 11.6 Å². The molecule has 1 aliphatic carbocycles. The normalized spacial score (nSPS) is 27.0. The van der Waals surface area contributed by atoms with Gasteiger partial charge >= 0.3 is 0 Å². The maximum absolute atomic E-state index is 8.46. The lowest BCUT2D eigenvalue weighted by Crippen LogP contribution is -1.95. The molecule has 0 aromatic rings. The quantitative estimate of drug-likeness (QED) is 0.494. The third-order valence-electron chi connectivity index (χ3n) is 1.01. The number of hydrogen-bond acceptors (Lipinski definition) is 1. The fraction of sp³-hybridized carbons (Fsp3) is 1.00. The number of hydrogen-bond donors (Lipinski definition) is 1. The van der Waals surface area contributed by atoms with Gasteiger partial charge in [-0.3, -0.25) is 0 Å². The van der Waals surface area contributed by atoms with Gasteiger partial charge in [-0.1, -0.05) is 11.6 Å². The highest BCUT2D eigenvalue weighted by Gasteiger charge is 2.27. The van der Waals surface area contributed by atoms with Crippen LogP contribution in [0.1, 0.15) is 12.8 Å². The Morgan fingerprint density at radius 1 is 1.67 bits per heavy atom. The van der Waals surface area contributed by atoms with Gasteiger partial charge in [0.05, 0.1) is 0 Å². The van der Waals surface area contributed by atoms with Gasteiger partial charge in [-0.15, -0.1) is 0 Å². The standard InChI is InChI=1S/C4H7ClO/c5-4(6)3-1-2-3/h3-4,6H,1-2H2. The maximum Gasteiger partial charge on any atom is 0.130 e. The fourth-order valence-corrected chi connectivity index (χ4v) is 0.623. The molecule has 0 aliphatic heterocycles. The minimum Gasteiger partial charge on any atom is -0.377 e. The molecule has 0 spiro atoms. The molecule has 0 aromatic heterocycles. The van der Waals surface area contributed by atoms with Gasteiger partial charge in [-0.25, -0.2) is 0 Å². The minimum absolute atomic E-state index is 0.423. The second kappa shape index (κ2) is 1.39. The zero-order chi connectivity index (χ0) is 4.57. The van der Waals surface area contributed by atoms with Crippen molar-refractivity contribution in [1.82, 2.24) is 0 Å². The van der Waals surface area contributed by atoms with Gasteiger partial charge < -0.3 is 5.11 Å². The lowest BCUT2D eigenvalue weighted by Gasteiger charge is -1.90. The van der Waals surface area contributed by atoms with Gasteiger partial charge in [-0.2, -0.15) is 0 Å². The van der Waals surface area contributed by atoms with Crippen LogP contribution in [0.4, 0.5) is 0 Å². The van der Waals surface area contributed by atoms with E-state index in [-0.39, 0.29) is 0 Å². The average molecular weight is 107 g/mol. The smallest absolute Gasteiger partial charge is 0.130 e. The van der Waals surface area contributed by atoms with Crippen molar-refractivity contribution in [3.05, 3.63) is 0 Å². The first-order valence-corrected chi connectivity index (χ1v) is 2.56. The van der Waals surface area contributed by atoms with Crippen molar-refractivity contribution in [3.63, 3.8) is 0 Å². The van der Waals surface area contributed by atoms with Crippen molar-refractivity contribution < 1.29 is 5.11 Å². The van der Waals surface area contributed by atoms with Crippen LogP contribution in [0.5, 0.6) is 0 Å². The van der Waals surface area contributed by atoms with Crippen LogP contribution in [0, 0.1) is 5.92 Å². The Balaban J connectivity index is 2.13. The fourth-order valence-electron chi connectivity index (χ4n) is 0.371. The van der Waals surface area contributed by atoms with E-state index >= 15 is 0 Å². The third-order valence-corrected chi connectivity index (χ3v) is 1.37. The van der Waals surface area contributed by atoms with Crippen molar-refractivity contribution in [2.75, 3.05) is 0 Å². The van der Waals surface area contributed by atoms with Gasteiger partial charge in [0.15, 0.2) is 0 Å². The number of halogens is 1. The first kappa shape index (κ1) is 4.41. The molecular formula is C4H7ClO. The van der Waals surface area contributed by atoms with Gasteiger partial charge in [0, 0.05) is 0 Å². The van der Waals surface area contributed by atoms with E-state index in [1.54, 1.807) is 0 Å². The Hall–Kier alpha value is 0.250. The molecule has 0 amide bonds. The van der Waals surface area contributed by atoms with E-state index in [4.69, 9.17) is 16.7 Å². The summed E-state index contributed by atoms with van der Waals surface area (Å²) in [6.45, 7) is 0. The molecule has 1 aliphatic rings. The van der Waals surface area contributed by atoms with Crippen LogP contribution in [0.3, 0.4) is 0 Å². The number of alkyl halides is 1.